The largest absolute Gasteiger partial charge is 0.396 e. The maximum atomic E-state index is 11.6. The Morgan fingerprint density at radius 2 is 1.14 bits per heavy atom. The van der Waals surface area contributed by atoms with Gasteiger partial charge in [-0.25, -0.2) is 0 Å². The molecule has 1 saturated carbocycles. The maximum absolute atomic E-state index is 11.6. The number of carbonyl (C=O) groups is 1. The lowest BCUT2D eigenvalue weighted by Gasteiger charge is -2.20. The summed E-state index contributed by atoms with van der Waals surface area (Å²) in [4.78, 5) is 11.6. The second-order valence-electron chi connectivity index (χ2n) is 3.67. The van der Waals surface area contributed by atoms with Crippen LogP contribution in [0.5, 0.6) is 0 Å². The van der Waals surface area contributed by atoms with E-state index in [1.807, 2.05) is 0 Å². The van der Waals surface area contributed by atoms with Gasteiger partial charge in [-0.05, 0) is 11.8 Å². The lowest BCUT2D eigenvalue weighted by atomic mass is 9.88. The van der Waals surface area contributed by atoms with Gasteiger partial charge in [0.2, 0.25) is 0 Å². The molecular formula is C9H16O5. The van der Waals surface area contributed by atoms with E-state index >= 15 is 0 Å². The number of ketones is 1. The molecule has 82 valence electrons. The molecule has 14 heavy (non-hydrogen) atoms. The van der Waals surface area contributed by atoms with Crippen molar-refractivity contribution in [2.45, 2.75) is 0 Å². The Bertz CT molecular complexity index is 185. The van der Waals surface area contributed by atoms with Crippen LogP contribution in [0.1, 0.15) is 0 Å². The summed E-state index contributed by atoms with van der Waals surface area (Å²) in [6.07, 6.45) is 0. The Morgan fingerprint density at radius 3 is 1.36 bits per heavy atom. The average molecular weight is 204 g/mol. The maximum Gasteiger partial charge on any atom is 0.144 e. The fraction of sp³-hybridized carbons (Fsp3) is 0.889. The van der Waals surface area contributed by atoms with Gasteiger partial charge < -0.3 is 20.4 Å². The molecule has 1 aliphatic carbocycles. The van der Waals surface area contributed by atoms with Crippen LogP contribution in [-0.2, 0) is 4.79 Å². The predicted octanol–water partition coefficient (Wildman–Crippen LogP) is -2.00. The Kier molecular flexibility index (Phi) is 4.00. The minimum Gasteiger partial charge on any atom is -0.396 e. The standard InChI is InChI=1S/C9H16O5/c10-1-5-6(2-11)8(4-13)9(14)7(5)3-12/h5-8,10-13H,1-4H2/t5-,6-,7-,8+/m1/s1. The highest BCUT2D eigenvalue weighted by atomic mass is 16.3. The molecule has 0 aromatic rings. The zero-order valence-corrected chi connectivity index (χ0v) is 7.83. The SMILES string of the molecule is O=C1[C@@H](CO)[C@H](CO)[C@@H](CO)[C@H]1CO. The molecule has 0 aromatic heterocycles. The van der Waals surface area contributed by atoms with Crippen molar-refractivity contribution in [1.29, 1.82) is 0 Å². The van der Waals surface area contributed by atoms with Crippen LogP contribution < -0.4 is 0 Å². The topological polar surface area (TPSA) is 98.0 Å². The first-order chi connectivity index (χ1) is 6.71. The zero-order valence-electron chi connectivity index (χ0n) is 7.83. The molecule has 0 aromatic carbocycles. The van der Waals surface area contributed by atoms with Crippen molar-refractivity contribution in [2.75, 3.05) is 26.4 Å². The lowest BCUT2D eigenvalue weighted by Crippen LogP contribution is -2.26. The molecule has 4 atom stereocenters. The third kappa shape index (κ3) is 1.68. The number of rotatable bonds is 4. The molecule has 0 unspecified atom stereocenters. The third-order valence-corrected chi connectivity index (χ3v) is 3.13. The molecule has 0 amide bonds. The van der Waals surface area contributed by atoms with E-state index in [-0.39, 0.29) is 32.2 Å². The van der Waals surface area contributed by atoms with Crippen molar-refractivity contribution in [3.8, 4) is 0 Å². The number of Topliss-reactive ketones (excluding diaryl/α,β-unsaturated/α-hetero) is 1. The summed E-state index contributed by atoms with van der Waals surface area (Å²) in [5.41, 5.74) is 0. The van der Waals surface area contributed by atoms with Gasteiger partial charge in [0.15, 0.2) is 0 Å². The van der Waals surface area contributed by atoms with E-state index < -0.39 is 23.7 Å². The minimum atomic E-state index is -0.644. The summed E-state index contributed by atoms with van der Waals surface area (Å²) in [5, 5.41) is 36.0. The highest BCUT2D eigenvalue weighted by Crippen LogP contribution is 2.37. The summed E-state index contributed by atoms with van der Waals surface area (Å²) >= 11 is 0. The molecule has 4 N–H and O–H groups in total. The molecule has 0 spiro atoms. The van der Waals surface area contributed by atoms with Crippen LogP contribution in [0.2, 0.25) is 0 Å². The van der Waals surface area contributed by atoms with Gasteiger partial charge in [0.05, 0.1) is 13.2 Å². The summed E-state index contributed by atoms with van der Waals surface area (Å²) in [7, 11) is 0. The minimum absolute atomic E-state index is 0.251. The van der Waals surface area contributed by atoms with Crippen molar-refractivity contribution in [3.63, 3.8) is 0 Å². The quantitative estimate of drug-likeness (QED) is 0.425. The fourth-order valence-corrected chi connectivity index (χ4v) is 2.27. The van der Waals surface area contributed by atoms with Crippen molar-refractivity contribution in [3.05, 3.63) is 0 Å². The number of carbonyl (C=O) groups excluding carboxylic acids is 1. The molecule has 5 nitrogen and oxygen atoms in total. The molecule has 1 rings (SSSR count). The summed E-state index contributed by atoms with van der Waals surface area (Å²) in [6, 6.07) is 0. The van der Waals surface area contributed by atoms with Crippen molar-refractivity contribution < 1.29 is 25.2 Å². The van der Waals surface area contributed by atoms with Crippen LogP contribution in [0.4, 0.5) is 0 Å². The fourth-order valence-electron chi connectivity index (χ4n) is 2.27. The number of aliphatic hydroxyl groups excluding tert-OH is 4. The van der Waals surface area contributed by atoms with Crippen LogP contribution in [-0.4, -0.2) is 52.6 Å². The zero-order chi connectivity index (χ0) is 10.7. The molecule has 5 heteroatoms. The average Bonchev–Trinajstić information content (AvgIpc) is 2.48. The van der Waals surface area contributed by atoms with Crippen molar-refractivity contribution in [2.24, 2.45) is 23.7 Å². The molecule has 0 saturated heterocycles. The van der Waals surface area contributed by atoms with Crippen LogP contribution in [0, 0.1) is 23.7 Å². The van der Waals surface area contributed by atoms with E-state index in [0.29, 0.717) is 0 Å². The van der Waals surface area contributed by atoms with Crippen molar-refractivity contribution in [1.82, 2.24) is 0 Å². The van der Waals surface area contributed by atoms with Gasteiger partial charge in [-0.1, -0.05) is 0 Å². The first-order valence-electron chi connectivity index (χ1n) is 4.68. The van der Waals surface area contributed by atoms with E-state index in [1.165, 1.54) is 0 Å². The Balaban J connectivity index is 2.87. The van der Waals surface area contributed by atoms with Gasteiger partial charge >= 0.3 is 0 Å². The molecule has 0 bridgehead atoms. The first kappa shape index (κ1) is 11.6. The van der Waals surface area contributed by atoms with E-state index in [9.17, 15) is 4.79 Å². The smallest absolute Gasteiger partial charge is 0.144 e. The molecule has 1 fully saturated rings. The number of aliphatic hydroxyl groups is 4. The van der Waals surface area contributed by atoms with Crippen molar-refractivity contribution >= 4 is 5.78 Å². The predicted molar refractivity (Wildman–Crippen MR) is 47.3 cm³/mol. The molecule has 0 radical (unpaired) electrons. The molecular weight excluding hydrogens is 188 g/mol. The second kappa shape index (κ2) is 4.84. The van der Waals surface area contributed by atoms with Gasteiger partial charge in [-0.3, -0.25) is 4.79 Å². The summed E-state index contributed by atoms with van der Waals surface area (Å²) in [6.45, 7) is -1.18. The van der Waals surface area contributed by atoms with E-state index in [4.69, 9.17) is 20.4 Å². The second-order valence-corrected chi connectivity index (χ2v) is 3.67. The Hall–Kier alpha value is -0.490. The monoisotopic (exact) mass is 204 g/mol. The lowest BCUT2D eigenvalue weighted by molar-refractivity contribution is -0.126. The molecule has 1 aliphatic rings. The molecule has 0 aliphatic heterocycles. The number of hydrogen-bond acceptors (Lipinski definition) is 5. The van der Waals surface area contributed by atoms with Gasteiger partial charge in [0.25, 0.3) is 0 Å². The highest BCUT2D eigenvalue weighted by molar-refractivity contribution is 5.86. The van der Waals surface area contributed by atoms with Crippen LogP contribution in [0.15, 0.2) is 0 Å². The number of hydrogen-bond donors (Lipinski definition) is 4. The van der Waals surface area contributed by atoms with E-state index in [0.717, 1.165) is 0 Å². The summed E-state index contributed by atoms with van der Waals surface area (Å²) < 4.78 is 0. The summed E-state index contributed by atoms with van der Waals surface area (Å²) in [5.74, 6) is -2.42. The molecule has 0 heterocycles. The van der Waals surface area contributed by atoms with Gasteiger partial charge in [-0.2, -0.15) is 0 Å². The first-order valence-corrected chi connectivity index (χ1v) is 4.68. The van der Waals surface area contributed by atoms with Gasteiger partial charge in [0.1, 0.15) is 5.78 Å². The van der Waals surface area contributed by atoms with Gasteiger partial charge in [0, 0.05) is 25.0 Å². The van der Waals surface area contributed by atoms with E-state index in [1.54, 1.807) is 0 Å². The van der Waals surface area contributed by atoms with Crippen LogP contribution >= 0.6 is 0 Å². The highest BCUT2D eigenvalue weighted by Gasteiger charge is 2.48. The van der Waals surface area contributed by atoms with Crippen LogP contribution in [0.25, 0.3) is 0 Å². The van der Waals surface area contributed by atoms with Crippen LogP contribution in [0.3, 0.4) is 0 Å². The normalized spacial score (nSPS) is 37.9. The Labute approximate surface area is 82.0 Å². The van der Waals surface area contributed by atoms with E-state index in [2.05, 4.69) is 0 Å². The van der Waals surface area contributed by atoms with Gasteiger partial charge in [-0.15, -0.1) is 0 Å². The Morgan fingerprint density at radius 1 is 0.786 bits per heavy atom. The third-order valence-electron chi connectivity index (χ3n) is 3.13.